The minimum atomic E-state index is -0.826. The predicted molar refractivity (Wildman–Crippen MR) is 138 cm³/mol. The lowest BCUT2D eigenvalue weighted by atomic mass is 9.95. The van der Waals surface area contributed by atoms with Gasteiger partial charge in [0, 0.05) is 21.6 Å². The first-order valence-corrected chi connectivity index (χ1v) is 12.0. The van der Waals surface area contributed by atoms with Gasteiger partial charge in [0.2, 0.25) is 0 Å². The Hall–Kier alpha value is -3.29. The monoisotopic (exact) mass is 555 g/mol. The van der Waals surface area contributed by atoms with Crippen molar-refractivity contribution in [2.45, 2.75) is 12.5 Å². The van der Waals surface area contributed by atoms with Crippen molar-refractivity contribution in [3.63, 3.8) is 0 Å². The molecule has 1 atom stereocenters. The third-order valence-electron chi connectivity index (χ3n) is 5.95. The highest BCUT2D eigenvalue weighted by Gasteiger charge is 2.46. The highest BCUT2D eigenvalue weighted by Crippen LogP contribution is 2.42. The Bertz CT molecular complexity index is 1310. The van der Waals surface area contributed by atoms with Gasteiger partial charge in [-0.25, -0.2) is 0 Å². The number of ether oxygens (including phenoxy) is 2. The molecule has 180 valence electrons. The number of hydrogen-bond acceptors (Lipinski definition) is 5. The van der Waals surface area contributed by atoms with Gasteiger partial charge >= 0.3 is 0 Å². The van der Waals surface area contributed by atoms with Crippen LogP contribution in [0.1, 0.15) is 22.7 Å². The van der Waals surface area contributed by atoms with Gasteiger partial charge in [-0.1, -0.05) is 63.9 Å². The summed E-state index contributed by atoms with van der Waals surface area (Å²) in [6.45, 7) is 0.229. The molecule has 0 spiro atoms. The normalized spacial score (nSPS) is 17.0. The number of carbonyl (C=O) groups is 2. The maximum Gasteiger partial charge on any atom is 0.295 e. The third-order valence-corrected chi connectivity index (χ3v) is 6.82. The van der Waals surface area contributed by atoms with E-state index >= 15 is 0 Å². The average Bonchev–Trinajstić information content (AvgIpc) is 3.12. The van der Waals surface area contributed by atoms with Crippen LogP contribution >= 0.6 is 27.5 Å². The van der Waals surface area contributed by atoms with Crippen molar-refractivity contribution < 1.29 is 24.2 Å². The SMILES string of the molecule is COc1ccc(CCN2C(=O)C(=O)/C(=C(\O)c3ccc(Br)cc3)C2c2ccccc2Cl)cc1OC. The first-order chi connectivity index (χ1) is 16.8. The molecule has 35 heavy (non-hydrogen) atoms. The molecule has 3 aromatic rings. The van der Waals surface area contributed by atoms with Crippen LogP contribution in [0.5, 0.6) is 11.5 Å². The zero-order chi connectivity index (χ0) is 25.1. The molecule has 0 radical (unpaired) electrons. The summed E-state index contributed by atoms with van der Waals surface area (Å²) < 4.78 is 11.5. The number of methoxy groups -OCH3 is 2. The number of rotatable bonds is 7. The first kappa shape index (κ1) is 24.8. The Labute approximate surface area is 216 Å². The molecule has 4 rings (SSSR count). The van der Waals surface area contributed by atoms with Gasteiger partial charge in [0.25, 0.3) is 11.7 Å². The fourth-order valence-corrected chi connectivity index (χ4v) is 4.68. The van der Waals surface area contributed by atoms with Crippen molar-refractivity contribution in [1.82, 2.24) is 4.90 Å². The minimum absolute atomic E-state index is 0.0118. The topological polar surface area (TPSA) is 76.1 Å². The van der Waals surface area contributed by atoms with E-state index < -0.39 is 17.7 Å². The lowest BCUT2D eigenvalue weighted by Crippen LogP contribution is -2.31. The van der Waals surface area contributed by atoms with Gasteiger partial charge < -0.3 is 19.5 Å². The van der Waals surface area contributed by atoms with Gasteiger partial charge in [-0.15, -0.1) is 0 Å². The van der Waals surface area contributed by atoms with Gasteiger partial charge in [-0.3, -0.25) is 9.59 Å². The molecule has 0 bridgehead atoms. The number of benzene rings is 3. The minimum Gasteiger partial charge on any atom is -0.507 e. The summed E-state index contributed by atoms with van der Waals surface area (Å²) >= 11 is 9.87. The second-order valence-corrected chi connectivity index (χ2v) is 9.28. The van der Waals surface area contributed by atoms with E-state index in [1.165, 1.54) is 4.90 Å². The molecular weight excluding hydrogens is 534 g/mol. The van der Waals surface area contributed by atoms with Crippen LogP contribution in [-0.2, 0) is 16.0 Å². The molecule has 0 aliphatic carbocycles. The number of likely N-dealkylation sites (tertiary alicyclic amines) is 1. The second-order valence-electron chi connectivity index (χ2n) is 7.96. The Balaban J connectivity index is 1.75. The fourth-order valence-electron chi connectivity index (χ4n) is 4.18. The number of hydrogen-bond donors (Lipinski definition) is 1. The summed E-state index contributed by atoms with van der Waals surface area (Å²) in [6.07, 6.45) is 0.451. The molecule has 0 aromatic heterocycles. The van der Waals surface area contributed by atoms with Gasteiger partial charge in [0.15, 0.2) is 11.5 Å². The molecule has 8 heteroatoms. The van der Waals surface area contributed by atoms with Gasteiger partial charge in [0.1, 0.15) is 5.76 Å². The zero-order valence-electron chi connectivity index (χ0n) is 19.1. The Morgan fingerprint density at radius 3 is 2.34 bits per heavy atom. The maximum absolute atomic E-state index is 13.2. The molecule has 1 aliphatic heterocycles. The molecule has 3 aromatic carbocycles. The van der Waals surface area contributed by atoms with E-state index in [9.17, 15) is 14.7 Å². The van der Waals surface area contributed by atoms with Crippen molar-refractivity contribution in [2.24, 2.45) is 0 Å². The third kappa shape index (κ3) is 4.92. The number of halogens is 2. The van der Waals surface area contributed by atoms with Crippen LogP contribution in [0.3, 0.4) is 0 Å². The molecule has 1 amide bonds. The van der Waals surface area contributed by atoms with E-state index in [1.807, 2.05) is 12.1 Å². The smallest absolute Gasteiger partial charge is 0.295 e. The van der Waals surface area contributed by atoms with Crippen molar-refractivity contribution in [3.05, 3.63) is 98.5 Å². The summed E-state index contributed by atoms with van der Waals surface area (Å²) in [5.41, 5.74) is 1.91. The van der Waals surface area contributed by atoms with Gasteiger partial charge in [0.05, 0.1) is 25.8 Å². The molecule has 1 N–H and O–H groups in total. The van der Waals surface area contributed by atoms with Crippen molar-refractivity contribution in [3.8, 4) is 11.5 Å². The number of aliphatic hydroxyl groups is 1. The summed E-state index contributed by atoms with van der Waals surface area (Å²) in [5.74, 6) is -0.502. The summed E-state index contributed by atoms with van der Waals surface area (Å²) in [7, 11) is 3.12. The number of amides is 1. The van der Waals surface area contributed by atoms with E-state index in [2.05, 4.69) is 15.9 Å². The molecule has 1 fully saturated rings. The number of nitrogens with zero attached hydrogens (tertiary/aromatic N) is 1. The molecular formula is C27H23BrClNO5. The van der Waals surface area contributed by atoms with Crippen LogP contribution in [0.25, 0.3) is 5.76 Å². The Kier molecular flexibility index (Phi) is 7.48. The highest BCUT2D eigenvalue weighted by molar-refractivity contribution is 9.10. The summed E-state index contributed by atoms with van der Waals surface area (Å²) in [4.78, 5) is 27.8. The van der Waals surface area contributed by atoms with Crippen LogP contribution < -0.4 is 9.47 Å². The highest BCUT2D eigenvalue weighted by atomic mass is 79.9. The maximum atomic E-state index is 13.2. The van der Waals surface area contributed by atoms with Crippen LogP contribution in [0, 0.1) is 0 Å². The number of Topliss-reactive ketones (excluding diaryl/α,β-unsaturated/α-hetero) is 1. The number of ketones is 1. The molecule has 0 saturated carbocycles. The van der Waals surface area contributed by atoms with Crippen LogP contribution in [0.4, 0.5) is 0 Å². The largest absolute Gasteiger partial charge is 0.507 e. The van der Waals surface area contributed by atoms with E-state index in [4.69, 9.17) is 21.1 Å². The fraction of sp³-hybridized carbons (Fsp3) is 0.185. The Morgan fingerprint density at radius 2 is 1.69 bits per heavy atom. The van der Waals surface area contributed by atoms with Gasteiger partial charge in [-0.05, 0) is 47.9 Å². The molecule has 1 saturated heterocycles. The molecule has 1 aliphatic rings. The molecule has 1 heterocycles. The number of carbonyl (C=O) groups excluding carboxylic acids is 2. The lowest BCUT2D eigenvalue weighted by Gasteiger charge is -2.26. The Morgan fingerprint density at radius 1 is 1.00 bits per heavy atom. The quantitative estimate of drug-likeness (QED) is 0.227. The number of aliphatic hydroxyl groups excluding tert-OH is 1. The van der Waals surface area contributed by atoms with E-state index in [0.717, 1.165) is 10.0 Å². The van der Waals surface area contributed by atoms with Crippen molar-refractivity contribution >= 4 is 45.0 Å². The van der Waals surface area contributed by atoms with Crippen LogP contribution in [-0.4, -0.2) is 42.5 Å². The lowest BCUT2D eigenvalue weighted by molar-refractivity contribution is -0.139. The predicted octanol–water partition coefficient (Wildman–Crippen LogP) is 5.78. The molecule has 1 unspecified atom stereocenters. The first-order valence-electron chi connectivity index (χ1n) is 10.9. The zero-order valence-corrected chi connectivity index (χ0v) is 21.5. The van der Waals surface area contributed by atoms with E-state index in [0.29, 0.717) is 34.1 Å². The average molecular weight is 557 g/mol. The van der Waals surface area contributed by atoms with E-state index in [1.54, 1.807) is 68.8 Å². The second kappa shape index (κ2) is 10.5. The van der Waals surface area contributed by atoms with Gasteiger partial charge in [-0.2, -0.15) is 0 Å². The van der Waals surface area contributed by atoms with Crippen LogP contribution in [0.2, 0.25) is 5.02 Å². The van der Waals surface area contributed by atoms with Crippen molar-refractivity contribution in [2.75, 3.05) is 20.8 Å². The van der Waals surface area contributed by atoms with Crippen LogP contribution in [0.15, 0.2) is 76.8 Å². The standard InChI is InChI=1S/C27H23BrClNO5/c1-34-21-12-7-16(15-22(21)35-2)13-14-30-24(19-5-3-4-6-20(19)29)23(26(32)27(30)33)25(31)17-8-10-18(28)11-9-17/h3-12,15,24,31H,13-14H2,1-2H3/b25-23-. The summed E-state index contributed by atoms with van der Waals surface area (Å²) in [5, 5.41) is 11.5. The van der Waals surface area contributed by atoms with E-state index in [-0.39, 0.29) is 17.9 Å². The summed E-state index contributed by atoms with van der Waals surface area (Å²) in [6, 6.07) is 18.6. The van der Waals surface area contributed by atoms with Crippen molar-refractivity contribution in [1.29, 1.82) is 0 Å². The molecule has 6 nitrogen and oxygen atoms in total.